The number of H-pyrrole nitrogens is 1. The molecule has 66 valence electrons. The third-order valence-electron chi connectivity index (χ3n) is 1.27. The molecule has 0 spiro atoms. The van der Waals surface area contributed by atoms with E-state index in [0.717, 1.165) is 6.20 Å². The number of nitrogens with one attached hydrogen (secondary N) is 1. The van der Waals surface area contributed by atoms with E-state index in [4.69, 9.17) is 5.11 Å². The van der Waals surface area contributed by atoms with E-state index >= 15 is 0 Å². The van der Waals surface area contributed by atoms with E-state index in [9.17, 15) is 13.6 Å². The lowest BCUT2D eigenvalue weighted by Crippen LogP contribution is -2.10. The average Bonchev–Trinajstić information content (AvgIpc) is 2.00. The lowest BCUT2D eigenvalue weighted by Gasteiger charge is -2.00. The molecule has 6 heteroatoms. The van der Waals surface area contributed by atoms with Gasteiger partial charge in [-0.1, -0.05) is 0 Å². The number of aromatic amines is 1. The van der Waals surface area contributed by atoms with Gasteiger partial charge in [-0.15, -0.1) is 0 Å². The maximum Gasteiger partial charge on any atom is 0.269 e. The molecule has 3 nitrogen and oxygen atoms in total. The van der Waals surface area contributed by atoms with Crippen LogP contribution in [0.3, 0.4) is 0 Å². The summed E-state index contributed by atoms with van der Waals surface area (Å²) >= 11 is 1.64. The molecule has 0 saturated heterocycles. The van der Waals surface area contributed by atoms with Gasteiger partial charge >= 0.3 is 0 Å². The van der Waals surface area contributed by atoms with Gasteiger partial charge in [-0.3, -0.25) is 4.79 Å². The van der Waals surface area contributed by atoms with Gasteiger partial charge in [-0.2, -0.15) is 0 Å². The van der Waals surface area contributed by atoms with Gasteiger partial charge < -0.3 is 10.1 Å². The molecule has 0 aliphatic heterocycles. The second-order valence-electron chi connectivity index (χ2n) is 2.04. The van der Waals surface area contributed by atoms with Gasteiger partial charge in [0.05, 0.1) is 5.56 Å². The van der Waals surface area contributed by atoms with Crippen LogP contribution in [0.4, 0.5) is 8.78 Å². The normalized spacial score (nSPS) is 10.7. The molecule has 0 unspecified atom stereocenters. The molecule has 0 aliphatic carbocycles. The fourth-order valence-electron chi connectivity index (χ4n) is 0.674. The Hall–Kier alpha value is -0.660. The summed E-state index contributed by atoms with van der Waals surface area (Å²) in [5.41, 5.74) is -1.74. The highest BCUT2D eigenvalue weighted by Crippen LogP contribution is 2.18. The van der Waals surface area contributed by atoms with Crippen LogP contribution in [-0.4, -0.2) is 10.1 Å². The van der Waals surface area contributed by atoms with Crippen molar-refractivity contribution in [1.29, 1.82) is 0 Å². The van der Waals surface area contributed by atoms with Crippen molar-refractivity contribution in [3.05, 3.63) is 25.7 Å². The third kappa shape index (κ3) is 1.57. The van der Waals surface area contributed by atoms with Crippen molar-refractivity contribution in [3.8, 4) is 5.75 Å². The first-order chi connectivity index (χ1) is 5.54. The Morgan fingerprint density at radius 2 is 2.17 bits per heavy atom. The van der Waals surface area contributed by atoms with Crippen molar-refractivity contribution >= 4 is 22.6 Å². The van der Waals surface area contributed by atoms with Crippen molar-refractivity contribution in [2.24, 2.45) is 0 Å². The van der Waals surface area contributed by atoms with Crippen LogP contribution in [0.15, 0.2) is 11.0 Å². The lowest BCUT2D eigenvalue weighted by molar-refractivity contribution is 0.149. The first kappa shape index (κ1) is 9.43. The van der Waals surface area contributed by atoms with Gasteiger partial charge in [0.15, 0.2) is 5.75 Å². The summed E-state index contributed by atoms with van der Waals surface area (Å²) in [4.78, 5) is 13.2. The second kappa shape index (κ2) is 3.38. The quantitative estimate of drug-likeness (QED) is 0.609. The van der Waals surface area contributed by atoms with Crippen molar-refractivity contribution in [2.75, 3.05) is 0 Å². The van der Waals surface area contributed by atoms with Crippen LogP contribution in [0.2, 0.25) is 0 Å². The van der Waals surface area contributed by atoms with Crippen LogP contribution in [-0.2, 0) is 0 Å². The Morgan fingerprint density at radius 3 is 2.67 bits per heavy atom. The van der Waals surface area contributed by atoms with E-state index in [1.54, 1.807) is 22.6 Å². The molecule has 0 atom stereocenters. The molecule has 1 heterocycles. The molecule has 12 heavy (non-hydrogen) atoms. The third-order valence-corrected chi connectivity index (χ3v) is 2.10. The van der Waals surface area contributed by atoms with E-state index in [1.165, 1.54) is 0 Å². The number of rotatable bonds is 1. The van der Waals surface area contributed by atoms with Crippen LogP contribution >= 0.6 is 22.6 Å². The Labute approximate surface area is 79.6 Å². The van der Waals surface area contributed by atoms with Crippen LogP contribution in [0.1, 0.15) is 12.0 Å². The van der Waals surface area contributed by atoms with Crippen molar-refractivity contribution in [3.63, 3.8) is 0 Å². The molecule has 0 amide bonds. The molecule has 0 bridgehead atoms. The Balaban J connectivity index is 3.37. The number of alkyl halides is 2. The molecule has 2 N–H and O–H groups in total. The summed E-state index contributed by atoms with van der Waals surface area (Å²) < 4.78 is 24.2. The number of aromatic hydroxyl groups is 1. The van der Waals surface area contributed by atoms with Gasteiger partial charge in [0.1, 0.15) is 3.70 Å². The molecule has 1 rings (SSSR count). The summed E-state index contributed by atoms with van der Waals surface area (Å²) in [6, 6.07) is 0. The van der Waals surface area contributed by atoms with Crippen LogP contribution in [0.5, 0.6) is 5.75 Å². The Bertz CT molecular complexity index is 350. The van der Waals surface area contributed by atoms with Gasteiger partial charge in [0.25, 0.3) is 6.43 Å². The highest BCUT2D eigenvalue weighted by molar-refractivity contribution is 14.1. The summed E-state index contributed by atoms with van der Waals surface area (Å²) in [6.07, 6.45) is -1.97. The van der Waals surface area contributed by atoms with Crippen molar-refractivity contribution in [1.82, 2.24) is 4.98 Å². The number of halogens is 3. The zero-order valence-corrected chi connectivity index (χ0v) is 7.80. The first-order valence-corrected chi connectivity index (χ1v) is 4.00. The molecular formula is C6H4F2INO2. The smallest absolute Gasteiger partial charge is 0.269 e. The van der Waals surface area contributed by atoms with E-state index < -0.39 is 23.2 Å². The number of aromatic nitrogens is 1. The van der Waals surface area contributed by atoms with E-state index in [-0.39, 0.29) is 3.70 Å². The molecule has 0 aromatic carbocycles. The Kier molecular flexibility index (Phi) is 2.65. The van der Waals surface area contributed by atoms with Gasteiger partial charge in [-0.25, -0.2) is 8.78 Å². The molecular weight excluding hydrogens is 283 g/mol. The van der Waals surface area contributed by atoms with Crippen molar-refractivity contribution in [2.45, 2.75) is 6.43 Å². The first-order valence-electron chi connectivity index (χ1n) is 2.92. The summed E-state index contributed by atoms with van der Waals surface area (Å²) in [5.74, 6) is -0.659. The topological polar surface area (TPSA) is 53.1 Å². The highest BCUT2D eigenvalue weighted by Gasteiger charge is 2.15. The predicted octanol–water partition coefficient (Wildman–Crippen LogP) is 1.62. The average molecular weight is 287 g/mol. The molecule has 0 radical (unpaired) electrons. The zero-order valence-electron chi connectivity index (χ0n) is 5.64. The predicted molar refractivity (Wildman–Crippen MR) is 46.4 cm³/mol. The molecule has 0 fully saturated rings. The fourth-order valence-corrected chi connectivity index (χ4v) is 1.07. The summed E-state index contributed by atoms with van der Waals surface area (Å²) in [5, 5.41) is 8.95. The van der Waals surface area contributed by atoms with E-state index in [0.29, 0.717) is 0 Å². The van der Waals surface area contributed by atoms with Gasteiger partial charge in [-0.05, 0) is 22.6 Å². The summed E-state index contributed by atoms with van der Waals surface area (Å²) in [7, 11) is 0. The van der Waals surface area contributed by atoms with Crippen LogP contribution < -0.4 is 5.43 Å². The number of pyridine rings is 1. The van der Waals surface area contributed by atoms with E-state index in [1.807, 2.05) is 0 Å². The SMILES string of the molecule is O=c1c(C(F)F)c[nH]c(I)c1O. The van der Waals surface area contributed by atoms with Gasteiger partial charge in [0.2, 0.25) is 5.43 Å². The van der Waals surface area contributed by atoms with Gasteiger partial charge in [0, 0.05) is 6.20 Å². The lowest BCUT2D eigenvalue weighted by atomic mass is 10.3. The molecule has 0 aliphatic rings. The van der Waals surface area contributed by atoms with E-state index in [2.05, 4.69) is 4.98 Å². The minimum atomic E-state index is -2.86. The fraction of sp³-hybridized carbons (Fsp3) is 0.167. The Morgan fingerprint density at radius 1 is 1.58 bits per heavy atom. The van der Waals surface area contributed by atoms with Crippen LogP contribution in [0.25, 0.3) is 0 Å². The standard InChI is InChI=1S/C6H4F2INO2/c7-5(8)2-1-10-6(9)4(12)3(2)11/h1,5,12H,(H,10,11). The highest BCUT2D eigenvalue weighted by atomic mass is 127. The minimum Gasteiger partial charge on any atom is -0.502 e. The maximum atomic E-state index is 12.0. The number of hydrogen-bond donors (Lipinski definition) is 2. The molecule has 1 aromatic rings. The van der Waals surface area contributed by atoms with Crippen LogP contribution in [0, 0.1) is 3.70 Å². The monoisotopic (exact) mass is 287 g/mol. The molecule has 1 aromatic heterocycles. The zero-order chi connectivity index (χ0) is 9.30. The maximum absolute atomic E-state index is 12.0. The summed E-state index contributed by atoms with van der Waals surface area (Å²) in [6.45, 7) is 0. The molecule has 0 saturated carbocycles. The number of hydrogen-bond acceptors (Lipinski definition) is 2. The van der Waals surface area contributed by atoms with Crippen molar-refractivity contribution < 1.29 is 13.9 Å². The minimum absolute atomic E-state index is 0.155. The second-order valence-corrected chi connectivity index (χ2v) is 3.12. The largest absolute Gasteiger partial charge is 0.502 e.